The smallest absolute Gasteiger partial charge is 0.224 e. The van der Waals surface area contributed by atoms with Crippen molar-refractivity contribution in [3.8, 4) is 5.75 Å². The van der Waals surface area contributed by atoms with Gasteiger partial charge in [-0.2, -0.15) is 0 Å². The second kappa shape index (κ2) is 6.57. The number of benzene rings is 1. The van der Waals surface area contributed by atoms with E-state index in [1.165, 1.54) is 0 Å². The number of nitrogens with one attached hydrogen (secondary N) is 2. The molecule has 19 heavy (non-hydrogen) atoms. The van der Waals surface area contributed by atoms with Crippen molar-refractivity contribution in [1.82, 2.24) is 10.6 Å². The zero-order valence-electron chi connectivity index (χ0n) is 11.6. The molecule has 0 bridgehead atoms. The van der Waals surface area contributed by atoms with Crippen molar-refractivity contribution >= 4 is 5.91 Å². The summed E-state index contributed by atoms with van der Waals surface area (Å²) >= 11 is 0. The summed E-state index contributed by atoms with van der Waals surface area (Å²) in [4.78, 5) is 12.0. The monoisotopic (exact) mass is 262 g/mol. The van der Waals surface area contributed by atoms with E-state index < -0.39 is 0 Å². The number of hydrogen-bond donors (Lipinski definition) is 2. The molecule has 0 aliphatic carbocycles. The van der Waals surface area contributed by atoms with E-state index in [2.05, 4.69) is 10.6 Å². The highest BCUT2D eigenvalue weighted by Crippen LogP contribution is 2.18. The number of ether oxygens (including phenoxy) is 1. The van der Waals surface area contributed by atoms with E-state index in [-0.39, 0.29) is 17.9 Å². The van der Waals surface area contributed by atoms with Crippen LogP contribution in [0.5, 0.6) is 5.75 Å². The maximum atomic E-state index is 12.0. The van der Waals surface area contributed by atoms with Crippen LogP contribution in [0.25, 0.3) is 0 Å². The van der Waals surface area contributed by atoms with Crippen LogP contribution in [0, 0.1) is 5.92 Å². The van der Waals surface area contributed by atoms with Gasteiger partial charge in [0.1, 0.15) is 5.75 Å². The minimum Gasteiger partial charge on any atom is -0.494 e. The Labute approximate surface area is 114 Å². The highest BCUT2D eigenvalue weighted by Gasteiger charge is 2.23. The van der Waals surface area contributed by atoms with Crippen LogP contribution >= 0.6 is 0 Å². The molecule has 4 heteroatoms. The summed E-state index contributed by atoms with van der Waals surface area (Å²) in [5.74, 6) is 1.13. The number of carbonyl (C=O) groups is 1. The van der Waals surface area contributed by atoms with Crippen LogP contribution in [0.1, 0.15) is 31.9 Å². The second-order valence-corrected chi connectivity index (χ2v) is 4.92. The Kier molecular flexibility index (Phi) is 4.80. The van der Waals surface area contributed by atoms with Crippen molar-refractivity contribution in [3.63, 3.8) is 0 Å². The third-order valence-electron chi connectivity index (χ3n) is 3.48. The molecule has 2 rings (SSSR count). The van der Waals surface area contributed by atoms with Crippen molar-refractivity contribution in [1.29, 1.82) is 0 Å². The van der Waals surface area contributed by atoms with E-state index in [4.69, 9.17) is 4.74 Å². The van der Waals surface area contributed by atoms with Crippen LogP contribution in [0.4, 0.5) is 0 Å². The first kappa shape index (κ1) is 13.9. The molecule has 104 valence electrons. The summed E-state index contributed by atoms with van der Waals surface area (Å²) in [6.07, 6.45) is 0.932. The third kappa shape index (κ3) is 3.70. The molecule has 2 unspecified atom stereocenters. The van der Waals surface area contributed by atoms with E-state index >= 15 is 0 Å². The standard InChI is InChI=1S/C15H22N2O2/c1-3-19-14-6-4-12(5-7-14)11(2)17-15(18)13-8-9-16-10-13/h4-7,11,13,16H,3,8-10H2,1-2H3,(H,17,18). The lowest BCUT2D eigenvalue weighted by Gasteiger charge is -2.17. The Morgan fingerprint density at radius 3 is 2.79 bits per heavy atom. The van der Waals surface area contributed by atoms with Crippen molar-refractivity contribution in [2.24, 2.45) is 5.92 Å². The first-order valence-corrected chi connectivity index (χ1v) is 6.94. The highest BCUT2D eigenvalue weighted by atomic mass is 16.5. The molecule has 4 nitrogen and oxygen atoms in total. The molecule has 0 radical (unpaired) electrons. The van der Waals surface area contributed by atoms with Gasteiger partial charge in [-0.25, -0.2) is 0 Å². The molecule has 1 aliphatic heterocycles. The maximum absolute atomic E-state index is 12.0. The molecule has 1 fully saturated rings. The van der Waals surface area contributed by atoms with Gasteiger partial charge in [-0.15, -0.1) is 0 Å². The van der Waals surface area contributed by atoms with Gasteiger partial charge < -0.3 is 15.4 Å². The largest absolute Gasteiger partial charge is 0.494 e. The zero-order chi connectivity index (χ0) is 13.7. The van der Waals surface area contributed by atoms with Crippen LogP contribution in [-0.4, -0.2) is 25.6 Å². The molecule has 0 spiro atoms. The van der Waals surface area contributed by atoms with Crippen LogP contribution in [-0.2, 0) is 4.79 Å². The summed E-state index contributed by atoms with van der Waals surface area (Å²) < 4.78 is 5.41. The van der Waals surface area contributed by atoms with Gasteiger partial charge in [-0.1, -0.05) is 12.1 Å². The average molecular weight is 262 g/mol. The summed E-state index contributed by atoms with van der Waals surface area (Å²) in [7, 11) is 0. The molecule has 0 aromatic heterocycles. The van der Waals surface area contributed by atoms with Gasteiger partial charge in [0.05, 0.1) is 18.6 Å². The van der Waals surface area contributed by atoms with Gasteiger partial charge in [0.2, 0.25) is 5.91 Å². The summed E-state index contributed by atoms with van der Waals surface area (Å²) in [5, 5.41) is 6.28. The molecule has 0 saturated carbocycles. The summed E-state index contributed by atoms with van der Waals surface area (Å²) in [6.45, 7) is 6.38. The SMILES string of the molecule is CCOc1ccc(C(C)NC(=O)C2CCNC2)cc1. The van der Waals surface area contributed by atoms with Crippen LogP contribution in [0.3, 0.4) is 0 Å². The lowest BCUT2D eigenvalue weighted by molar-refractivity contribution is -0.125. The minimum atomic E-state index is 0.0313. The lowest BCUT2D eigenvalue weighted by atomic mass is 10.1. The van der Waals surface area contributed by atoms with Gasteiger partial charge in [-0.05, 0) is 44.5 Å². The second-order valence-electron chi connectivity index (χ2n) is 4.92. The Hall–Kier alpha value is -1.55. The number of amides is 1. The summed E-state index contributed by atoms with van der Waals surface area (Å²) in [6, 6.07) is 7.92. The van der Waals surface area contributed by atoms with Gasteiger partial charge in [0, 0.05) is 6.54 Å². The summed E-state index contributed by atoms with van der Waals surface area (Å²) in [5.41, 5.74) is 1.10. The highest BCUT2D eigenvalue weighted by molar-refractivity contribution is 5.79. The predicted molar refractivity (Wildman–Crippen MR) is 75.1 cm³/mol. The molecular formula is C15H22N2O2. The van der Waals surface area contributed by atoms with Gasteiger partial charge in [0.25, 0.3) is 0 Å². The first-order valence-electron chi connectivity index (χ1n) is 6.94. The van der Waals surface area contributed by atoms with E-state index in [1.54, 1.807) is 0 Å². The Balaban J connectivity index is 1.91. The molecule has 1 aliphatic rings. The molecule has 2 N–H and O–H groups in total. The average Bonchev–Trinajstić information content (AvgIpc) is 2.94. The van der Waals surface area contributed by atoms with Crippen LogP contribution in [0.2, 0.25) is 0 Å². The predicted octanol–water partition coefficient (Wildman–Crippen LogP) is 1.87. The van der Waals surface area contributed by atoms with E-state index in [1.807, 2.05) is 38.1 Å². The van der Waals surface area contributed by atoms with E-state index in [9.17, 15) is 4.79 Å². The van der Waals surface area contributed by atoms with Crippen molar-refractivity contribution in [2.45, 2.75) is 26.3 Å². The maximum Gasteiger partial charge on any atom is 0.224 e. The van der Waals surface area contributed by atoms with E-state index in [0.29, 0.717) is 6.61 Å². The minimum absolute atomic E-state index is 0.0313. The Morgan fingerprint density at radius 2 is 2.21 bits per heavy atom. The molecular weight excluding hydrogens is 240 g/mol. The molecule has 1 amide bonds. The number of hydrogen-bond acceptors (Lipinski definition) is 3. The Morgan fingerprint density at radius 1 is 1.47 bits per heavy atom. The van der Waals surface area contributed by atoms with Gasteiger partial charge in [0.15, 0.2) is 0 Å². The fourth-order valence-electron chi connectivity index (χ4n) is 2.31. The zero-order valence-corrected chi connectivity index (χ0v) is 11.6. The molecule has 1 aromatic carbocycles. The van der Waals surface area contributed by atoms with Crippen molar-refractivity contribution < 1.29 is 9.53 Å². The normalized spacial score (nSPS) is 20.0. The number of rotatable bonds is 5. The topological polar surface area (TPSA) is 50.4 Å². The number of carbonyl (C=O) groups excluding carboxylic acids is 1. The molecule has 1 heterocycles. The van der Waals surface area contributed by atoms with Crippen molar-refractivity contribution in [3.05, 3.63) is 29.8 Å². The molecule has 1 saturated heterocycles. The lowest BCUT2D eigenvalue weighted by Crippen LogP contribution is -2.33. The quantitative estimate of drug-likeness (QED) is 0.851. The Bertz CT molecular complexity index is 411. The van der Waals surface area contributed by atoms with Crippen LogP contribution < -0.4 is 15.4 Å². The first-order chi connectivity index (χ1) is 9.20. The van der Waals surface area contributed by atoms with Crippen LogP contribution in [0.15, 0.2) is 24.3 Å². The van der Waals surface area contributed by atoms with E-state index in [0.717, 1.165) is 30.8 Å². The van der Waals surface area contributed by atoms with Gasteiger partial charge in [-0.3, -0.25) is 4.79 Å². The fraction of sp³-hybridized carbons (Fsp3) is 0.533. The molecule has 1 aromatic rings. The van der Waals surface area contributed by atoms with Gasteiger partial charge >= 0.3 is 0 Å². The van der Waals surface area contributed by atoms with Crippen molar-refractivity contribution in [2.75, 3.05) is 19.7 Å². The molecule has 2 atom stereocenters. The third-order valence-corrected chi connectivity index (χ3v) is 3.48. The fourth-order valence-corrected chi connectivity index (χ4v) is 2.31.